The molecule has 1 amide bonds. The second-order valence-corrected chi connectivity index (χ2v) is 8.15. The number of para-hydroxylation sites is 1. The summed E-state index contributed by atoms with van der Waals surface area (Å²) in [7, 11) is 1.68. The zero-order valence-corrected chi connectivity index (χ0v) is 19.0. The summed E-state index contributed by atoms with van der Waals surface area (Å²) >= 11 is 0. The summed E-state index contributed by atoms with van der Waals surface area (Å²) in [4.78, 5) is 17.8. The SMILES string of the molecule is CCCCc1ccc(C(=O)N(CCCN2CCOCC2)Cc2ccccc2OC)cc1. The first-order chi connectivity index (χ1) is 15.2. The number of aryl methyl sites for hydroxylation is 1. The van der Waals surface area contributed by atoms with Crippen molar-refractivity contribution >= 4 is 5.91 Å². The van der Waals surface area contributed by atoms with Gasteiger partial charge in [-0.15, -0.1) is 0 Å². The first-order valence-corrected chi connectivity index (χ1v) is 11.5. The average molecular weight is 425 g/mol. The van der Waals surface area contributed by atoms with E-state index in [9.17, 15) is 4.79 Å². The summed E-state index contributed by atoms with van der Waals surface area (Å²) in [5.74, 6) is 0.901. The largest absolute Gasteiger partial charge is 0.496 e. The number of rotatable bonds is 11. The van der Waals surface area contributed by atoms with Gasteiger partial charge in [-0.2, -0.15) is 0 Å². The Morgan fingerprint density at radius 3 is 2.52 bits per heavy atom. The van der Waals surface area contributed by atoms with Crippen LogP contribution in [0.25, 0.3) is 0 Å². The molecule has 3 rings (SSSR count). The van der Waals surface area contributed by atoms with Crippen LogP contribution in [0.2, 0.25) is 0 Å². The van der Waals surface area contributed by atoms with Crippen LogP contribution in [0.4, 0.5) is 0 Å². The molecule has 0 unspecified atom stereocenters. The number of methoxy groups -OCH3 is 1. The van der Waals surface area contributed by atoms with Crippen LogP contribution in [-0.2, 0) is 17.7 Å². The van der Waals surface area contributed by atoms with Gasteiger partial charge in [-0.05, 0) is 43.0 Å². The van der Waals surface area contributed by atoms with Gasteiger partial charge in [0.15, 0.2) is 0 Å². The van der Waals surface area contributed by atoms with Gasteiger partial charge in [0, 0.05) is 43.9 Å². The highest BCUT2D eigenvalue weighted by molar-refractivity contribution is 5.94. The highest BCUT2D eigenvalue weighted by Gasteiger charge is 2.19. The van der Waals surface area contributed by atoms with E-state index in [-0.39, 0.29) is 5.91 Å². The number of nitrogens with zero attached hydrogens (tertiary/aromatic N) is 2. The third-order valence-corrected chi connectivity index (χ3v) is 5.87. The van der Waals surface area contributed by atoms with Crippen molar-refractivity contribution in [3.63, 3.8) is 0 Å². The maximum atomic E-state index is 13.4. The van der Waals surface area contributed by atoms with Gasteiger partial charge >= 0.3 is 0 Å². The van der Waals surface area contributed by atoms with Crippen LogP contribution in [-0.4, -0.2) is 62.2 Å². The van der Waals surface area contributed by atoms with Crippen LogP contribution in [0.15, 0.2) is 48.5 Å². The van der Waals surface area contributed by atoms with Crippen LogP contribution in [0.1, 0.15) is 47.7 Å². The summed E-state index contributed by atoms with van der Waals surface area (Å²) in [5, 5.41) is 0. The summed E-state index contributed by atoms with van der Waals surface area (Å²) in [6, 6.07) is 16.1. The molecule has 0 spiro atoms. The summed E-state index contributed by atoms with van der Waals surface area (Å²) in [6.45, 7) is 7.98. The molecule has 0 atom stereocenters. The van der Waals surface area contributed by atoms with Gasteiger partial charge < -0.3 is 14.4 Å². The smallest absolute Gasteiger partial charge is 0.254 e. The summed E-state index contributed by atoms with van der Waals surface area (Å²) in [5.41, 5.74) is 3.08. The van der Waals surface area contributed by atoms with Crippen molar-refractivity contribution in [3.8, 4) is 5.75 Å². The number of carbonyl (C=O) groups excluding carboxylic acids is 1. The minimum Gasteiger partial charge on any atom is -0.496 e. The van der Waals surface area contributed by atoms with Crippen molar-refractivity contribution in [2.24, 2.45) is 0 Å². The second-order valence-electron chi connectivity index (χ2n) is 8.15. The third-order valence-electron chi connectivity index (χ3n) is 5.87. The molecule has 0 N–H and O–H groups in total. The fraction of sp³-hybridized carbons (Fsp3) is 0.500. The molecule has 0 aliphatic carbocycles. The average Bonchev–Trinajstić information content (AvgIpc) is 2.83. The van der Waals surface area contributed by atoms with Crippen molar-refractivity contribution in [1.29, 1.82) is 0 Å². The Kier molecular flexibility index (Phi) is 9.38. The van der Waals surface area contributed by atoms with Crippen molar-refractivity contribution in [2.75, 3.05) is 46.5 Å². The maximum absolute atomic E-state index is 13.4. The summed E-state index contributed by atoms with van der Waals surface area (Å²) < 4.78 is 11.0. The monoisotopic (exact) mass is 424 g/mol. The predicted molar refractivity (Wildman–Crippen MR) is 125 cm³/mol. The van der Waals surface area contributed by atoms with E-state index in [0.717, 1.165) is 62.6 Å². The summed E-state index contributed by atoms with van der Waals surface area (Å²) in [6.07, 6.45) is 4.36. The molecule has 1 aliphatic heterocycles. The molecule has 0 aromatic heterocycles. The van der Waals surface area contributed by atoms with Gasteiger partial charge in [0.05, 0.1) is 20.3 Å². The van der Waals surface area contributed by atoms with Crippen LogP contribution in [0.3, 0.4) is 0 Å². The highest BCUT2D eigenvalue weighted by atomic mass is 16.5. The Balaban J connectivity index is 1.69. The lowest BCUT2D eigenvalue weighted by molar-refractivity contribution is 0.0355. The highest BCUT2D eigenvalue weighted by Crippen LogP contribution is 2.21. The molecule has 1 saturated heterocycles. The number of morpholine rings is 1. The van der Waals surface area contributed by atoms with Gasteiger partial charge in [-0.25, -0.2) is 0 Å². The Labute approximate surface area is 187 Å². The molecule has 5 heteroatoms. The topological polar surface area (TPSA) is 42.0 Å². The normalized spacial score (nSPS) is 14.4. The van der Waals surface area contributed by atoms with E-state index < -0.39 is 0 Å². The van der Waals surface area contributed by atoms with E-state index in [0.29, 0.717) is 13.1 Å². The van der Waals surface area contributed by atoms with E-state index in [4.69, 9.17) is 9.47 Å². The molecule has 5 nitrogen and oxygen atoms in total. The Hall–Kier alpha value is -2.37. The van der Waals surface area contributed by atoms with E-state index in [2.05, 4.69) is 24.0 Å². The molecule has 0 saturated carbocycles. The second kappa shape index (κ2) is 12.5. The van der Waals surface area contributed by atoms with Crippen LogP contribution >= 0.6 is 0 Å². The van der Waals surface area contributed by atoms with Crippen LogP contribution in [0.5, 0.6) is 5.75 Å². The van der Waals surface area contributed by atoms with Gasteiger partial charge in [-0.3, -0.25) is 9.69 Å². The van der Waals surface area contributed by atoms with Crippen LogP contribution in [0, 0.1) is 0 Å². The number of amides is 1. The lowest BCUT2D eigenvalue weighted by atomic mass is 10.1. The first kappa shape index (κ1) is 23.3. The molecule has 0 radical (unpaired) electrons. The molecule has 2 aromatic carbocycles. The molecule has 31 heavy (non-hydrogen) atoms. The van der Waals surface area contributed by atoms with E-state index in [1.807, 2.05) is 41.3 Å². The number of hydrogen-bond acceptors (Lipinski definition) is 4. The number of carbonyl (C=O) groups is 1. The number of unbranched alkanes of at least 4 members (excludes halogenated alkanes) is 1. The first-order valence-electron chi connectivity index (χ1n) is 11.5. The minimum atomic E-state index is 0.0786. The fourth-order valence-electron chi connectivity index (χ4n) is 3.98. The predicted octanol–water partition coefficient (Wildman–Crippen LogP) is 4.40. The van der Waals surface area contributed by atoms with E-state index in [1.54, 1.807) is 7.11 Å². The third kappa shape index (κ3) is 7.08. The lowest BCUT2D eigenvalue weighted by Gasteiger charge is -2.28. The van der Waals surface area contributed by atoms with Crippen molar-refractivity contribution < 1.29 is 14.3 Å². The zero-order valence-electron chi connectivity index (χ0n) is 19.0. The van der Waals surface area contributed by atoms with Crippen molar-refractivity contribution in [1.82, 2.24) is 9.80 Å². The Morgan fingerprint density at radius 1 is 1.06 bits per heavy atom. The molecule has 1 fully saturated rings. The maximum Gasteiger partial charge on any atom is 0.254 e. The van der Waals surface area contributed by atoms with Crippen LogP contribution < -0.4 is 4.74 Å². The molecular formula is C26H36N2O3. The molecule has 168 valence electrons. The molecule has 1 aliphatic rings. The van der Waals surface area contributed by atoms with Crippen molar-refractivity contribution in [2.45, 2.75) is 39.2 Å². The van der Waals surface area contributed by atoms with Gasteiger partial charge in [0.2, 0.25) is 0 Å². The quantitative estimate of drug-likeness (QED) is 0.536. The Bertz CT molecular complexity index is 801. The minimum absolute atomic E-state index is 0.0786. The van der Waals surface area contributed by atoms with Crippen molar-refractivity contribution in [3.05, 3.63) is 65.2 Å². The number of ether oxygens (including phenoxy) is 2. The van der Waals surface area contributed by atoms with Gasteiger partial charge in [0.25, 0.3) is 5.91 Å². The molecule has 0 bridgehead atoms. The van der Waals surface area contributed by atoms with E-state index in [1.165, 1.54) is 18.4 Å². The number of benzene rings is 2. The molecule has 1 heterocycles. The number of hydrogen-bond donors (Lipinski definition) is 0. The molecule has 2 aromatic rings. The standard InChI is InChI=1S/C26H36N2O3/c1-3-4-8-22-11-13-23(14-12-22)26(29)28(16-7-15-27-17-19-31-20-18-27)21-24-9-5-6-10-25(24)30-2/h5-6,9-14H,3-4,7-8,15-21H2,1-2H3. The van der Waals surface area contributed by atoms with E-state index >= 15 is 0 Å². The fourth-order valence-corrected chi connectivity index (χ4v) is 3.98. The van der Waals surface area contributed by atoms with Gasteiger partial charge in [0.1, 0.15) is 5.75 Å². The lowest BCUT2D eigenvalue weighted by Crippen LogP contribution is -2.39. The zero-order chi connectivity index (χ0) is 21.9. The Morgan fingerprint density at radius 2 is 1.81 bits per heavy atom. The van der Waals surface area contributed by atoms with Gasteiger partial charge in [-0.1, -0.05) is 43.7 Å². The molecular weight excluding hydrogens is 388 g/mol.